The minimum absolute atomic E-state index is 0.0187. The molecule has 0 aromatic heterocycles. The number of fused-ring (bicyclic) bond motifs is 3. The Morgan fingerprint density at radius 2 is 1.68 bits per heavy atom. The summed E-state index contributed by atoms with van der Waals surface area (Å²) in [6.45, 7) is 5.97. The highest BCUT2D eigenvalue weighted by Gasteiger charge is 2.64. The van der Waals surface area contributed by atoms with Crippen LogP contribution < -0.4 is 9.47 Å². The van der Waals surface area contributed by atoms with Crippen molar-refractivity contribution in [3.05, 3.63) is 121 Å². The number of aliphatic hydroxyl groups is 2. The highest BCUT2D eigenvalue weighted by atomic mass is 32.2. The fraction of sp³-hybridized carbons (Fsp3) is 0.460. The fourth-order valence-corrected chi connectivity index (χ4v) is 11.8. The number of unbranched alkanes of at least 4 members (excludes halogenated alkanes) is 2. The van der Waals surface area contributed by atoms with Gasteiger partial charge < -0.3 is 34.0 Å². The van der Waals surface area contributed by atoms with E-state index in [0.717, 1.165) is 96.8 Å². The van der Waals surface area contributed by atoms with Crippen LogP contribution in [-0.4, -0.2) is 72.0 Å². The summed E-state index contributed by atoms with van der Waals surface area (Å²) in [5, 5.41) is 27.1. The molecule has 10 heteroatoms. The standard InChI is InChI=1S/C50H59NO7S2/c1-2-27-56-50-46(60-40-23-21-35-14-6-7-15-36(35)31-40)34-44(51-58-47-20-10-13-28-55-47)42-32-37(16-8-11-25-52)41(19-9-12-26-53)48(49(42)50)43-33-38(22-24-45(43)57-50)54-29-30-59-39-17-4-3-5-18-39/h2-7,14-15,17-18,21-24,31-33,37,41,46-49,52-53H,1,8-13,16,19-20,25-30,34H2. The Morgan fingerprint density at radius 1 is 0.867 bits per heavy atom. The van der Waals surface area contributed by atoms with E-state index in [-0.39, 0.29) is 48.4 Å². The maximum absolute atomic E-state index is 10.00. The Bertz CT molecular complexity index is 2090. The molecule has 318 valence electrons. The molecule has 7 atom stereocenters. The molecule has 8 rings (SSSR count). The Kier molecular flexibility index (Phi) is 14.9. The van der Waals surface area contributed by atoms with Gasteiger partial charge in [0.05, 0.1) is 36.7 Å². The summed E-state index contributed by atoms with van der Waals surface area (Å²) < 4.78 is 27.1. The van der Waals surface area contributed by atoms with Gasteiger partial charge in [-0.2, -0.15) is 0 Å². The average molecular weight is 850 g/mol. The summed E-state index contributed by atoms with van der Waals surface area (Å²) in [6, 6.07) is 31.9. The zero-order valence-electron chi connectivity index (χ0n) is 34.5. The second kappa shape index (κ2) is 20.9. The third-order valence-corrected chi connectivity index (χ3v) is 14.7. The normalized spacial score (nSPS) is 26.4. The van der Waals surface area contributed by atoms with Crippen molar-refractivity contribution in [2.45, 2.75) is 97.2 Å². The maximum atomic E-state index is 10.00. The molecule has 1 saturated heterocycles. The fourth-order valence-electron chi connectivity index (χ4n) is 9.67. The van der Waals surface area contributed by atoms with E-state index >= 15 is 0 Å². The van der Waals surface area contributed by atoms with Gasteiger partial charge in [-0.15, -0.1) is 30.1 Å². The lowest BCUT2D eigenvalue weighted by Crippen LogP contribution is -2.64. The van der Waals surface area contributed by atoms with Gasteiger partial charge in [0.1, 0.15) is 11.5 Å². The predicted octanol–water partition coefficient (Wildman–Crippen LogP) is 11.0. The highest BCUT2D eigenvalue weighted by Crippen LogP contribution is 2.63. The van der Waals surface area contributed by atoms with E-state index in [1.807, 2.05) is 18.2 Å². The Morgan fingerprint density at radius 3 is 2.48 bits per heavy atom. The van der Waals surface area contributed by atoms with Crippen LogP contribution in [-0.2, 0) is 14.3 Å². The lowest BCUT2D eigenvalue weighted by atomic mass is 9.56. The molecule has 2 fully saturated rings. The van der Waals surface area contributed by atoms with Crippen molar-refractivity contribution in [1.29, 1.82) is 0 Å². The van der Waals surface area contributed by atoms with E-state index in [2.05, 4.69) is 91.5 Å². The Labute approximate surface area is 363 Å². The van der Waals surface area contributed by atoms with Crippen LogP contribution in [0.4, 0.5) is 0 Å². The van der Waals surface area contributed by atoms with Crippen molar-refractivity contribution in [2.75, 3.05) is 38.8 Å². The summed E-state index contributed by atoms with van der Waals surface area (Å²) in [6.07, 6.45) is 12.5. The van der Waals surface area contributed by atoms with Gasteiger partial charge in [-0.25, -0.2) is 0 Å². The molecule has 0 radical (unpaired) electrons. The van der Waals surface area contributed by atoms with E-state index in [0.29, 0.717) is 26.2 Å². The molecule has 8 nitrogen and oxygen atoms in total. The van der Waals surface area contributed by atoms with Gasteiger partial charge in [-0.3, -0.25) is 0 Å². The van der Waals surface area contributed by atoms with Crippen LogP contribution in [0, 0.1) is 17.8 Å². The Balaban J connectivity index is 1.24. The summed E-state index contributed by atoms with van der Waals surface area (Å²) >= 11 is 3.57. The number of aliphatic hydroxyl groups excluding tert-OH is 2. The first kappa shape index (κ1) is 42.9. The third-order valence-electron chi connectivity index (χ3n) is 12.4. The number of nitrogens with zero attached hydrogens (tertiary/aromatic N) is 1. The largest absolute Gasteiger partial charge is 0.493 e. The second-order valence-corrected chi connectivity index (χ2v) is 18.7. The number of ether oxygens (including phenoxy) is 4. The minimum atomic E-state index is -1.08. The third kappa shape index (κ3) is 9.80. The lowest BCUT2D eigenvalue weighted by molar-refractivity contribution is -0.223. The van der Waals surface area contributed by atoms with E-state index in [9.17, 15) is 10.2 Å². The molecule has 2 heterocycles. The molecule has 4 aromatic rings. The maximum Gasteiger partial charge on any atom is 0.231 e. The van der Waals surface area contributed by atoms with Crippen molar-refractivity contribution in [2.24, 2.45) is 22.9 Å². The molecule has 7 unspecified atom stereocenters. The molecule has 0 bridgehead atoms. The number of rotatable bonds is 20. The number of oxime groups is 1. The first-order valence-electron chi connectivity index (χ1n) is 21.9. The highest BCUT2D eigenvalue weighted by molar-refractivity contribution is 8.00. The monoisotopic (exact) mass is 849 g/mol. The molecule has 2 aliphatic heterocycles. The molecule has 4 aliphatic rings. The molecule has 60 heavy (non-hydrogen) atoms. The summed E-state index contributed by atoms with van der Waals surface area (Å²) in [5.74, 6) is 1.52. The van der Waals surface area contributed by atoms with Gasteiger partial charge >= 0.3 is 0 Å². The summed E-state index contributed by atoms with van der Waals surface area (Å²) in [4.78, 5) is 8.67. The Hall–Kier alpha value is -3.77. The second-order valence-electron chi connectivity index (χ2n) is 16.3. The first-order chi connectivity index (χ1) is 29.6. The lowest BCUT2D eigenvalue weighted by Gasteiger charge is -2.58. The molecular formula is C50H59NO7S2. The summed E-state index contributed by atoms with van der Waals surface area (Å²) in [5.41, 5.74) is 3.14. The predicted molar refractivity (Wildman–Crippen MR) is 242 cm³/mol. The van der Waals surface area contributed by atoms with Crippen LogP contribution in [0.3, 0.4) is 0 Å². The molecular weight excluding hydrogens is 791 g/mol. The van der Waals surface area contributed by atoms with Gasteiger partial charge in [0.25, 0.3) is 0 Å². The molecule has 0 amide bonds. The van der Waals surface area contributed by atoms with Gasteiger partial charge in [0, 0.05) is 53.1 Å². The van der Waals surface area contributed by atoms with Crippen LogP contribution in [0.2, 0.25) is 0 Å². The van der Waals surface area contributed by atoms with Crippen molar-refractivity contribution in [1.82, 2.24) is 0 Å². The van der Waals surface area contributed by atoms with Crippen molar-refractivity contribution < 1.29 is 34.0 Å². The van der Waals surface area contributed by atoms with E-state index in [1.54, 1.807) is 23.5 Å². The van der Waals surface area contributed by atoms with Crippen molar-refractivity contribution in [3.63, 3.8) is 0 Å². The zero-order valence-corrected chi connectivity index (χ0v) is 36.1. The first-order valence-corrected chi connectivity index (χ1v) is 23.8. The van der Waals surface area contributed by atoms with Crippen molar-refractivity contribution >= 4 is 40.0 Å². The SMILES string of the molecule is C=CCOC12Oc3ccc(OCCSc4ccccc4)cc3C3C(CCCCO)C(CCCCO)C=C(C(=NOC4CCCCO4)CC1Sc1ccc4ccccc4c1)C32. The van der Waals surface area contributed by atoms with Crippen molar-refractivity contribution in [3.8, 4) is 11.5 Å². The van der Waals surface area contributed by atoms with E-state index < -0.39 is 5.79 Å². The van der Waals surface area contributed by atoms with Crippen LogP contribution in [0.5, 0.6) is 11.5 Å². The topological polar surface area (TPSA) is 99.0 Å². The number of allylic oxidation sites excluding steroid dienone is 1. The van der Waals surface area contributed by atoms with Gasteiger partial charge in [-0.1, -0.05) is 78.7 Å². The van der Waals surface area contributed by atoms with Crippen LogP contribution >= 0.6 is 23.5 Å². The van der Waals surface area contributed by atoms with Crippen LogP contribution in [0.25, 0.3) is 10.8 Å². The van der Waals surface area contributed by atoms with E-state index in [1.165, 1.54) is 15.7 Å². The quantitative estimate of drug-likeness (QED) is 0.0390. The zero-order chi connectivity index (χ0) is 41.2. The number of benzene rings is 4. The summed E-state index contributed by atoms with van der Waals surface area (Å²) in [7, 11) is 0. The van der Waals surface area contributed by atoms with Gasteiger partial charge in [0.2, 0.25) is 12.1 Å². The van der Waals surface area contributed by atoms with Gasteiger partial charge in [0.15, 0.2) is 0 Å². The van der Waals surface area contributed by atoms with Gasteiger partial charge in [-0.05, 0) is 109 Å². The van der Waals surface area contributed by atoms with E-state index in [4.69, 9.17) is 28.9 Å². The average Bonchev–Trinajstić information content (AvgIpc) is 3.29. The molecule has 2 N–H and O–H groups in total. The number of hydrogen-bond acceptors (Lipinski definition) is 10. The minimum Gasteiger partial charge on any atom is -0.493 e. The number of hydrogen-bond donors (Lipinski definition) is 2. The molecule has 4 aromatic carbocycles. The molecule has 2 aliphatic carbocycles. The molecule has 0 spiro atoms. The molecule has 1 saturated carbocycles. The smallest absolute Gasteiger partial charge is 0.231 e. The number of thioether (sulfide) groups is 2. The van der Waals surface area contributed by atoms with Crippen LogP contribution in [0.1, 0.15) is 75.7 Å². The van der Waals surface area contributed by atoms with Crippen LogP contribution in [0.15, 0.2) is 130 Å².